The smallest absolute Gasteiger partial charge is 0.210 e. The Bertz CT molecular complexity index is 882. The molecule has 25 heavy (non-hydrogen) atoms. The van der Waals surface area contributed by atoms with E-state index in [9.17, 15) is 16.8 Å². The highest BCUT2D eigenvalue weighted by Crippen LogP contribution is 2.47. The van der Waals surface area contributed by atoms with Gasteiger partial charge in [-0.05, 0) is 38.1 Å². The maximum absolute atomic E-state index is 13.5. The predicted octanol–water partition coefficient (Wildman–Crippen LogP) is 2.83. The predicted molar refractivity (Wildman–Crippen MR) is 94.6 cm³/mol. The van der Waals surface area contributed by atoms with Gasteiger partial charge in [0.15, 0.2) is 0 Å². The lowest BCUT2D eigenvalue weighted by Gasteiger charge is -2.31. The summed E-state index contributed by atoms with van der Waals surface area (Å²) in [4.78, 5) is -0.0295. The van der Waals surface area contributed by atoms with Gasteiger partial charge in [-0.25, -0.2) is 16.8 Å². The van der Waals surface area contributed by atoms with Crippen LogP contribution in [0, 0.1) is 0 Å². The number of ether oxygens (including phenoxy) is 1. The normalized spacial score (nSPS) is 23.4. The maximum Gasteiger partial charge on any atom is 0.210 e. The number of hydrogen-bond donors (Lipinski definition) is 0. The summed E-state index contributed by atoms with van der Waals surface area (Å²) in [6.45, 7) is 3.21. The van der Waals surface area contributed by atoms with E-state index in [0.29, 0.717) is 0 Å². The van der Waals surface area contributed by atoms with Crippen LogP contribution in [0.1, 0.15) is 20.3 Å². The SMILES string of the molecule is C[C@H]1CC(S(=O)(=O)c2ccccc2)(S(=O)(=O)c2ccccc2)[C@@H](C)O1. The Hall–Kier alpha value is -1.70. The standard InChI is InChI=1S/C18H20O5S2/c1-14-13-18(15(2)23-14,24(19,20)16-9-5-3-6-10-16)25(21,22)17-11-7-4-8-12-17/h3-12,14-15H,13H2,1-2H3/t14-,15+/m0/s1. The highest BCUT2D eigenvalue weighted by Gasteiger charge is 2.64. The van der Waals surface area contributed by atoms with E-state index in [4.69, 9.17) is 4.74 Å². The molecule has 2 aromatic carbocycles. The molecule has 0 radical (unpaired) electrons. The van der Waals surface area contributed by atoms with Crippen molar-refractivity contribution >= 4 is 19.7 Å². The molecular weight excluding hydrogens is 360 g/mol. The summed E-state index contributed by atoms with van der Waals surface area (Å²) in [5.74, 6) is 0. The minimum Gasteiger partial charge on any atom is -0.373 e. The Morgan fingerprint density at radius 3 is 1.52 bits per heavy atom. The lowest BCUT2D eigenvalue weighted by Crippen LogP contribution is -2.51. The summed E-state index contributed by atoms with van der Waals surface area (Å²) >= 11 is 0. The second kappa shape index (κ2) is 6.23. The average Bonchev–Trinajstić information content (AvgIpc) is 2.92. The molecular formula is C18H20O5S2. The van der Waals surface area contributed by atoms with Crippen molar-refractivity contribution in [3.05, 3.63) is 60.7 Å². The van der Waals surface area contributed by atoms with E-state index in [1.165, 1.54) is 31.2 Å². The Kier molecular flexibility index (Phi) is 4.51. The van der Waals surface area contributed by atoms with E-state index >= 15 is 0 Å². The number of benzene rings is 2. The summed E-state index contributed by atoms with van der Waals surface area (Å²) in [5, 5.41) is 0. The van der Waals surface area contributed by atoms with Gasteiger partial charge < -0.3 is 4.74 Å². The van der Waals surface area contributed by atoms with Crippen molar-refractivity contribution in [1.29, 1.82) is 0 Å². The molecule has 134 valence electrons. The molecule has 3 rings (SSSR count). The first-order valence-electron chi connectivity index (χ1n) is 7.98. The molecule has 1 fully saturated rings. The first-order valence-corrected chi connectivity index (χ1v) is 10.9. The van der Waals surface area contributed by atoms with E-state index in [0.717, 1.165) is 0 Å². The maximum atomic E-state index is 13.5. The fraction of sp³-hybridized carbons (Fsp3) is 0.333. The van der Waals surface area contributed by atoms with Gasteiger partial charge in [0.05, 0.1) is 22.0 Å². The summed E-state index contributed by atoms with van der Waals surface area (Å²) in [6.07, 6.45) is -1.58. The number of rotatable bonds is 4. The Labute approximate surface area is 148 Å². The van der Waals surface area contributed by atoms with Gasteiger partial charge in [-0.1, -0.05) is 36.4 Å². The lowest BCUT2D eigenvalue weighted by molar-refractivity contribution is 0.0653. The van der Waals surface area contributed by atoms with Gasteiger partial charge in [0.25, 0.3) is 0 Å². The van der Waals surface area contributed by atoms with Crippen LogP contribution < -0.4 is 0 Å². The average molecular weight is 380 g/mol. The molecule has 7 heteroatoms. The first kappa shape index (κ1) is 18.1. The molecule has 0 bridgehead atoms. The minimum absolute atomic E-state index is 0.0148. The van der Waals surface area contributed by atoms with Crippen LogP contribution in [0.5, 0.6) is 0 Å². The third-order valence-corrected chi connectivity index (χ3v) is 10.6. The van der Waals surface area contributed by atoms with Crippen LogP contribution in [0.4, 0.5) is 0 Å². The Morgan fingerprint density at radius 2 is 1.20 bits per heavy atom. The van der Waals surface area contributed by atoms with Gasteiger partial charge in [0, 0.05) is 6.42 Å². The van der Waals surface area contributed by atoms with Crippen LogP contribution in [-0.2, 0) is 24.4 Å². The summed E-state index contributed by atoms with van der Waals surface area (Å²) < 4.78 is 57.5. The zero-order valence-corrected chi connectivity index (χ0v) is 15.6. The molecule has 0 amide bonds. The van der Waals surface area contributed by atoms with Crippen molar-refractivity contribution in [2.24, 2.45) is 0 Å². The van der Waals surface area contributed by atoms with Crippen molar-refractivity contribution in [2.75, 3.05) is 0 Å². The van der Waals surface area contributed by atoms with Crippen LogP contribution in [-0.4, -0.2) is 33.1 Å². The highest BCUT2D eigenvalue weighted by molar-refractivity contribution is 8.10. The molecule has 0 N–H and O–H groups in total. The molecule has 1 saturated heterocycles. The van der Waals surface area contributed by atoms with Gasteiger partial charge in [-0.15, -0.1) is 0 Å². The second-order valence-electron chi connectivity index (χ2n) is 6.24. The quantitative estimate of drug-likeness (QED) is 0.815. The largest absolute Gasteiger partial charge is 0.373 e. The van der Waals surface area contributed by atoms with Crippen LogP contribution in [0.25, 0.3) is 0 Å². The van der Waals surface area contributed by atoms with E-state index in [1.807, 2.05) is 0 Å². The molecule has 2 atom stereocenters. The van der Waals surface area contributed by atoms with Crippen molar-refractivity contribution in [2.45, 2.75) is 46.3 Å². The first-order chi connectivity index (χ1) is 11.7. The topological polar surface area (TPSA) is 77.5 Å². The zero-order chi connectivity index (χ0) is 18.3. The van der Waals surface area contributed by atoms with Gasteiger partial charge in [0.1, 0.15) is 0 Å². The summed E-state index contributed by atoms with van der Waals surface area (Å²) in [5.41, 5.74) is 0. The van der Waals surface area contributed by atoms with Crippen LogP contribution in [0.3, 0.4) is 0 Å². The van der Waals surface area contributed by atoms with Gasteiger partial charge >= 0.3 is 0 Å². The fourth-order valence-corrected chi connectivity index (χ4v) is 8.92. The van der Waals surface area contributed by atoms with Gasteiger partial charge in [-0.2, -0.15) is 0 Å². The number of hydrogen-bond acceptors (Lipinski definition) is 5. The monoisotopic (exact) mass is 380 g/mol. The van der Waals surface area contributed by atoms with Crippen molar-refractivity contribution < 1.29 is 21.6 Å². The molecule has 0 spiro atoms. The van der Waals surface area contributed by atoms with E-state index in [1.54, 1.807) is 43.3 Å². The lowest BCUT2D eigenvalue weighted by atomic mass is 10.2. The highest BCUT2D eigenvalue weighted by atomic mass is 32.3. The molecule has 0 aromatic heterocycles. The van der Waals surface area contributed by atoms with Crippen molar-refractivity contribution in [3.8, 4) is 0 Å². The van der Waals surface area contributed by atoms with E-state index in [2.05, 4.69) is 0 Å². The molecule has 1 heterocycles. The molecule has 0 saturated carbocycles. The van der Waals surface area contributed by atoms with Crippen molar-refractivity contribution in [3.63, 3.8) is 0 Å². The van der Waals surface area contributed by atoms with E-state index in [-0.39, 0.29) is 16.2 Å². The molecule has 0 aliphatic carbocycles. The van der Waals surface area contributed by atoms with E-state index < -0.39 is 36.0 Å². The molecule has 0 unspecified atom stereocenters. The molecule has 5 nitrogen and oxygen atoms in total. The van der Waals surface area contributed by atoms with Gasteiger partial charge in [-0.3, -0.25) is 0 Å². The number of sulfone groups is 2. The second-order valence-corrected chi connectivity index (χ2v) is 10.9. The minimum atomic E-state index is -4.20. The van der Waals surface area contributed by atoms with Crippen LogP contribution >= 0.6 is 0 Å². The fourth-order valence-electron chi connectivity index (χ4n) is 3.47. The summed E-state index contributed by atoms with van der Waals surface area (Å²) in [7, 11) is -8.40. The third-order valence-electron chi connectivity index (χ3n) is 4.64. The summed E-state index contributed by atoms with van der Waals surface area (Å²) in [6, 6.07) is 15.4. The van der Waals surface area contributed by atoms with Crippen LogP contribution in [0.15, 0.2) is 70.5 Å². The van der Waals surface area contributed by atoms with Gasteiger partial charge in [0.2, 0.25) is 23.8 Å². The van der Waals surface area contributed by atoms with Crippen LogP contribution in [0.2, 0.25) is 0 Å². The zero-order valence-electron chi connectivity index (χ0n) is 14.0. The molecule has 1 aliphatic heterocycles. The third kappa shape index (κ3) is 2.61. The Balaban J connectivity index is 2.31. The Morgan fingerprint density at radius 1 is 0.800 bits per heavy atom. The molecule has 1 aliphatic rings. The van der Waals surface area contributed by atoms with Crippen molar-refractivity contribution in [1.82, 2.24) is 0 Å². The molecule has 2 aromatic rings.